The highest BCUT2D eigenvalue weighted by atomic mass is 35.5. The molecule has 0 saturated carbocycles. The topological polar surface area (TPSA) is 58.5 Å². The fourth-order valence-electron chi connectivity index (χ4n) is 0.963. The Labute approximate surface area is 101 Å². The van der Waals surface area contributed by atoms with E-state index in [1.807, 2.05) is 0 Å². The fourth-order valence-corrected chi connectivity index (χ4v) is 2.28. The number of benzene rings is 1. The molecule has 1 rings (SSSR count). The summed E-state index contributed by atoms with van der Waals surface area (Å²) in [7, 11) is -0.939. The number of carbonyl (C=O) groups is 2. The highest BCUT2D eigenvalue weighted by Crippen LogP contribution is 2.13. The van der Waals surface area contributed by atoms with Crippen LogP contribution in [0.5, 0.6) is 0 Å². The van der Waals surface area contributed by atoms with E-state index >= 15 is 0 Å². The highest BCUT2D eigenvalue weighted by Gasteiger charge is 2.04. The second-order valence-corrected chi connectivity index (χ2v) is 4.87. The summed E-state index contributed by atoms with van der Waals surface area (Å²) in [5.41, 5.74) is 0. The number of halogens is 1. The Morgan fingerprint density at radius 2 is 1.81 bits per heavy atom. The fraction of sp³-hybridized carbons (Fsp3) is 0.200. The van der Waals surface area contributed by atoms with Crippen molar-refractivity contribution in [1.29, 1.82) is 0 Å². The predicted octanol–water partition coefficient (Wildman–Crippen LogP) is 2.10. The molecule has 1 unspecified atom stereocenters. The zero-order chi connectivity index (χ0) is 12.1. The van der Waals surface area contributed by atoms with E-state index in [1.54, 1.807) is 24.3 Å². The molecule has 1 atom stereocenters. The average molecular weight is 259 g/mol. The Kier molecular flexibility index (Phi) is 4.64. The van der Waals surface area contributed by atoms with Crippen molar-refractivity contribution in [2.75, 3.05) is 0 Å². The zero-order valence-electron chi connectivity index (χ0n) is 8.86. The van der Waals surface area contributed by atoms with Crippen LogP contribution in [0.15, 0.2) is 33.5 Å². The van der Waals surface area contributed by atoms with E-state index in [9.17, 15) is 9.59 Å². The summed E-state index contributed by atoms with van der Waals surface area (Å²) >= 11 is 5.75. The van der Waals surface area contributed by atoms with Gasteiger partial charge in [0.25, 0.3) is 0 Å². The van der Waals surface area contributed by atoms with E-state index in [2.05, 4.69) is 9.08 Å². The molecule has 2 amide bonds. The minimum absolute atomic E-state index is 0.233. The molecule has 0 bridgehead atoms. The average Bonchev–Trinajstić information content (AvgIpc) is 2.16. The largest absolute Gasteiger partial charge is 0.288 e. The van der Waals surface area contributed by atoms with Crippen molar-refractivity contribution < 1.29 is 9.59 Å². The summed E-state index contributed by atoms with van der Waals surface area (Å²) in [5.74, 6) is -0.560. The Hall–Kier alpha value is -1.20. The number of nitrogens with one attached hydrogen (secondary N) is 1. The molecule has 6 heteroatoms. The number of nitrogens with zero attached hydrogens (tertiary/aromatic N) is 1. The molecule has 1 aromatic rings. The van der Waals surface area contributed by atoms with Gasteiger partial charge in [0.05, 0.1) is 0 Å². The summed E-state index contributed by atoms with van der Waals surface area (Å²) in [4.78, 5) is 22.7. The van der Waals surface area contributed by atoms with E-state index in [0.29, 0.717) is 5.02 Å². The van der Waals surface area contributed by atoms with Gasteiger partial charge >= 0.3 is 0 Å². The van der Waals surface area contributed by atoms with Crippen LogP contribution in [0.2, 0.25) is 5.02 Å². The van der Waals surface area contributed by atoms with Crippen LogP contribution in [0.4, 0.5) is 0 Å². The SMILES string of the molecule is CC(=O)N=S(NC(C)=O)c1ccc(Cl)cc1. The van der Waals surface area contributed by atoms with Crippen LogP contribution >= 0.6 is 11.6 Å². The minimum atomic E-state index is -0.939. The number of rotatable bonds is 2. The Morgan fingerprint density at radius 1 is 1.25 bits per heavy atom. The van der Waals surface area contributed by atoms with Crippen molar-refractivity contribution in [1.82, 2.24) is 4.72 Å². The van der Waals surface area contributed by atoms with Gasteiger partial charge in [-0.3, -0.25) is 14.3 Å². The molecular weight excluding hydrogens is 248 g/mol. The molecule has 0 saturated heterocycles. The van der Waals surface area contributed by atoms with Gasteiger partial charge in [0.2, 0.25) is 11.8 Å². The van der Waals surface area contributed by atoms with Crippen LogP contribution < -0.4 is 4.72 Å². The van der Waals surface area contributed by atoms with Crippen molar-refractivity contribution in [3.8, 4) is 0 Å². The molecule has 0 radical (unpaired) electrons. The smallest absolute Gasteiger partial charge is 0.250 e. The van der Waals surface area contributed by atoms with Gasteiger partial charge in [-0.25, -0.2) is 0 Å². The number of amides is 2. The molecular formula is C10H11ClN2O2S. The van der Waals surface area contributed by atoms with Crippen LogP contribution in [0.1, 0.15) is 13.8 Å². The quantitative estimate of drug-likeness (QED) is 0.883. The lowest BCUT2D eigenvalue weighted by Gasteiger charge is -2.07. The van der Waals surface area contributed by atoms with Crippen molar-refractivity contribution in [2.24, 2.45) is 4.36 Å². The van der Waals surface area contributed by atoms with Gasteiger partial charge < -0.3 is 0 Å². The first-order valence-corrected chi connectivity index (χ1v) is 6.04. The molecule has 86 valence electrons. The van der Waals surface area contributed by atoms with Crippen molar-refractivity contribution >= 4 is 34.3 Å². The maximum Gasteiger partial charge on any atom is 0.250 e. The van der Waals surface area contributed by atoms with Gasteiger partial charge in [0.15, 0.2) is 0 Å². The minimum Gasteiger partial charge on any atom is -0.288 e. The Balaban J connectivity index is 3.06. The van der Waals surface area contributed by atoms with E-state index < -0.39 is 10.9 Å². The summed E-state index contributed by atoms with van der Waals surface area (Å²) in [6.07, 6.45) is 0. The molecule has 0 aromatic heterocycles. The number of hydrogen-bond acceptors (Lipinski definition) is 2. The lowest BCUT2D eigenvalue weighted by Crippen LogP contribution is -2.23. The summed E-state index contributed by atoms with van der Waals surface area (Å²) in [6, 6.07) is 6.84. The van der Waals surface area contributed by atoms with Gasteiger partial charge in [-0.05, 0) is 24.3 Å². The molecule has 0 aliphatic rings. The third-order valence-electron chi connectivity index (χ3n) is 1.50. The molecule has 0 fully saturated rings. The lowest BCUT2D eigenvalue weighted by atomic mass is 10.4. The molecule has 1 aromatic carbocycles. The van der Waals surface area contributed by atoms with Gasteiger partial charge in [0, 0.05) is 34.6 Å². The lowest BCUT2D eigenvalue weighted by molar-refractivity contribution is -0.117. The summed E-state index contributed by atoms with van der Waals surface area (Å²) < 4.78 is 6.44. The van der Waals surface area contributed by atoms with Crippen molar-refractivity contribution in [3.63, 3.8) is 0 Å². The van der Waals surface area contributed by atoms with E-state index in [1.165, 1.54) is 13.8 Å². The third-order valence-corrected chi connectivity index (χ3v) is 3.39. The Bertz CT molecular complexity index is 443. The Morgan fingerprint density at radius 3 is 2.25 bits per heavy atom. The third kappa shape index (κ3) is 4.12. The molecule has 4 nitrogen and oxygen atoms in total. The first-order valence-electron chi connectivity index (χ1n) is 4.48. The van der Waals surface area contributed by atoms with Gasteiger partial charge in [-0.2, -0.15) is 4.36 Å². The highest BCUT2D eigenvalue weighted by molar-refractivity contribution is 7.86. The van der Waals surface area contributed by atoms with Crippen LogP contribution in [0.3, 0.4) is 0 Å². The summed E-state index contributed by atoms with van der Waals surface area (Å²) in [5, 5.41) is 0.595. The van der Waals surface area contributed by atoms with Crippen LogP contribution in [-0.2, 0) is 20.5 Å². The molecule has 16 heavy (non-hydrogen) atoms. The maximum atomic E-state index is 11.0. The van der Waals surface area contributed by atoms with Gasteiger partial charge in [-0.1, -0.05) is 11.6 Å². The van der Waals surface area contributed by atoms with E-state index in [-0.39, 0.29) is 11.8 Å². The van der Waals surface area contributed by atoms with Gasteiger partial charge in [-0.15, -0.1) is 0 Å². The van der Waals surface area contributed by atoms with E-state index in [4.69, 9.17) is 11.6 Å². The van der Waals surface area contributed by atoms with Crippen LogP contribution in [0, 0.1) is 0 Å². The second-order valence-electron chi connectivity index (χ2n) is 3.01. The molecule has 1 N–H and O–H groups in total. The number of hydrogen-bond donors (Lipinski definition) is 1. The summed E-state index contributed by atoms with van der Waals surface area (Å²) in [6.45, 7) is 2.73. The molecule has 0 spiro atoms. The van der Waals surface area contributed by atoms with Crippen molar-refractivity contribution in [2.45, 2.75) is 18.7 Å². The first-order chi connectivity index (χ1) is 7.49. The first kappa shape index (κ1) is 12.9. The van der Waals surface area contributed by atoms with Gasteiger partial charge in [0.1, 0.15) is 0 Å². The zero-order valence-corrected chi connectivity index (χ0v) is 10.4. The molecule has 0 heterocycles. The molecule has 0 aliphatic carbocycles. The molecule has 0 aliphatic heterocycles. The predicted molar refractivity (Wildman–Crippen MR) is 64.0 cm³/mol. The normalized spacial score (nSPS) is 12.2. The van der Waals surface area contributed by atoms with Crippen LogP contribution in [0.25, 0.3) is 0 Å². The second kappa shape index (κ2) is 5.77. The van der Waals surface area contributed by atoms with Crippen molar-refractivity contribution in [3.05, 3.63) is 29.3 Å². The maximum absolute atomic E-state index is 11.0. The number of carbonyl (C=O) groups excluding carboxylic acids is 2. The van der Waals surface area contributed by atoms with Crippen LogP contribution in [-0.4, -0.2) is 11.8 Å². The monoisotopic (exact) mass is 258 g/mol. The standard InChI is InChI=1S/C10H11ClN2O2S/c1-7(14)12-16(13-8(2)15)10-5-3-9(11)4-6-10/h3-6H,1-2H3,(H,12,13,14,15). The van der Waals surface area contributed by atoms with E-state index in [0.717, 1.165) is 4.90 Å².